The van der Waals surface area contributed by atoms with E-state index in [9.17, 15) is 22.4 Å². The van der Waals surface area contributed by atoms with E-state index in [-0.39, 0.29) is 16.8 Å². The van der Waals surface area contributed by atoms with Crippen LogP contribution >= 0.6 is 11.6 Å². The van der Waals surface area contributed by atoms with Crippen LogP contribution in [0.15, 0.2) is 23.0 Å². The number of aromatic nitrogens is 2. The van der Waals surface area contributed by atoms with Crippen LogP contribution in [0, 0.1) is 11.9 Å². The third-order valence-electron chi connectivity index (χ3n) is 2.45. The first kappa shape index (κ1) is 15.3. The summed E-state index contributed by atoms with van der Waals surface area (Å²) in [4.78, 5) is 15.0. The lowest BCUT2D eigenvalue weighted by Gasteiger charge is -2.13. The fourth-order valence-corrected chi connectivity index (χ4v) is 1.72. The van der Waals surface area contributed by atoms with Gasteiger partial charge in [-0.1, -0.05) is 11.6 Å². The summed E-state index contributed by atoms with van der Waals surface area (Å²) in [5.41, 5.74) is -2.95. The molecule has 9 heteroatoms. The van der Waals surface area contributed by atoms with Gasteiger partial charge in [0.25, 0.3) is 5.56 Å². The van der Waals surface area contributed by atoms with Crippen molar-refractivity contribution in [2.45, 2.75) is 6.18 Å². The Morgan fingerprint density at radius 3 is 2.57 bits per heavy atom. The third-order valence-corrected chi connectivity index (χ3v) is 2.67. The van der Waals surface area contributed by atoms with Crippen LogP contribution < -0.4 is 10.3 Å². The summed E-state index contributed by atoms with van der Waals surface area (Å²) in [7, 11) is 1.01. The Bertz CT molecular complexity index is 743. The summed E-state index contributed by atoms with van der Waals surface area (Å²) in [5, 5.41) is -0.0527. The summed E-state index contributed by atoms with van der Waals surface area (Å²) < 4.78 is 56.8. The van der Waals surface area contributed by atoms with E-state index in [4.69, 9.17) is 11.6 Å². The zero-order valence-electron chi connectivity index (χ0n) is 10.3. The number of rotatable bonds is 2. The van der Waals surface area contributed by atoms with Crippen molar-refractivity contribution in [2.24, 2.45) is 0 Å². The molecule has 4 nitrogen and oxygen atoms in total. The Balaban J connectivity index is 2.72. The van der Waals surface area contributed by atoms with Gasteiger partial charge in [0.05, 0.1) is 17.8 Å². The fourth-order valence-electron chi connectivity index (χ4n) is 1.57. The SMILES string of the molecule is COc1nc(C(F)(F)F)cc(=O)n1-c1c[c]c(Cl)cc1F. The van der Waals surface area contributed by atoms with E-state index < -0.39 is 29.3 Å². The number of hydrogen-bond donors (Lipinski definition) is 0. The standard InChI is InChI=1S/C12H6ClF4N2O2/c1-21-11-18-9(12(15,16)17)5-10(20)19(11)8-3-2-6(13)4-7(8)14/h3-5H,1H3. The highest BCUT2D eigenvalue weighted by molar-refractivity contribution is 6.30. The molecule has 0 fully saturated rings. The van der Waals surface area contributed by atoms with E-state index in [1.54, 1.807) is 0 Å². The average Bonchev–Trinajstić information content (AvgIpc) is 2.37. The topological polar surface area (TPSA) is 44.1 Å². The summed E-state index contributed by atoms with van der Waals surface area (Å²) in [6, 6.07) is 3.84. The van der Waals surface area contributed by atoms with Crippen molar-refractivity contribution in [1.29, 1.82) is 0 Å². The van der Waals surface area contributed by atoms with Gasteiger partial charge in [0.1, 0.15) is 5.82 Å². The molecular weight excluding hydrogens is 316 g/mol. The molecule has 0 amide bonds. The highest BCUT2D eigenvalue weighted by Gasteiger charge is 2.34. The maximum Gasteiger partial charge on any atom is 0.433 e. The van der Waals surface area contributed by atoms with Crippen molar-refractivity contribution in [1.82, 2.24) is 9.55 Å². The Hall–Kier alpha value is -2.09. The first-order valence-electron chi connectivity index (χ1n) is 5.36. The normalized spacial score (nSPS) is 11.5. The molecule has 0 atom stereocenters. The molecule has 21 heavy (non-hydrogen) atoms. The van der Waals surface area contributed by atoms with Crippen molar-refractivity contribution >= 4 is 11.6 Å². The molecule has 0 saturated carbocycles. The van der Waals surface area contributed by atoms with E-state index in [2.05, 4.69) is 15.8 Å². The molecule has 0 aliphatic heterocycles. The molecule has 0 saturated heterocycles. The number of nitrogens with zero attached hydrogens (tertiary/aromatic N) is 2. The molecule has 1 radical (unpaired) electrons. The minimum Gasteiger partial charge on any atom is -0.468 e. The van der Waals surface area contributed by atoms with Crippen LogP contribution in [0.25, 0.3) is 5.69 Å². The van der Waals surface area contributed by atoms with Crippen LogP contribution in [-0.2, 0) is 6.18 Å². The second-order valence-electron chi connectivity index (χ2n) is 3.81. The van der Waals surface area contributed by atoms with Gasteiger partial charge in [-0.2, -0.15) is 18.2 Å². The van der Waals surface area contributed by atoms with E-state index in [0.717, 1.165) is 19.2 Å². The first-order valence-corrected chi connectivity index (χ1v) is 5.74. The Morgan fingerprint density at radius 1 is 1.38 bits per heavy atom. The molecule has 111 valence electrons. The second kappa shape index (κ2) is 5.36. The summed E-state index contributed by atoms with van der Waals surface area (Å²) in [6.07, 6.45) is -4.82. The lowest BCUT2D eigenvalue weighted by Crippen LogP contribution is -2.25. The monoisotopic (exact) mass is 321 g/mol. The van der Waals surface area contributed by atoms with Gasteiger partial charge in [-0.15, -0.1) is 0 Å². The van der Waals surface area contributed by atoms with Crippen LogP contribution in [0.5, 0.6) is 6.01 Å². The molecule has 0 aliphatic carbocycles. The average molecular weight is 322 g/mol. The highest BCUT2D eigenvalue weighted by Crippen LogP contribution is 2.28. The van der Waals surface area contributed by atoms with Crippen LogP contribution in [0.2, 0.25) is 5.02 Å². The molecule has 1 heterocycles. The lowest BCUT2D eigenvalue weighted by atomic mass is 10.3. The van der Waals surface area contributed by atoms with Crippen molar-refractivity contribution in [3.63, 3.8) is 0 Å². The lowest BCUT2D eigenvalue weighted by molar-refractivity contribution is -0.141. The third kappa shape index (κ3) is 2.99. The van der Waals surface area contributed by atoms with Crippen LogP contribution in [0.1, 0.15) is 5.69 Å². The predicted octanol–water partition coefficient (Wildman–Crippen LogP) is 2.85. The highest BCUT2D eigenvalue weighted by atomic mass is 35.5. The zero-order chi connectivity index (χ0) is 15.8. The molecule has 2 aromatic rings. The van der Waals surface area contributed by atoms with Gasteiger partial charge in [0.2, 0.25) is 0 Å². The number of methoxy groups -OCH3 is 1. The summed E-state index contributed by atoms with van der Waals surface area (Å²) in [6.45, 7) is 0. The minimum atomic E-state index is -4.82. The fraction of sp³-hybridized carbons (Fsp3) is 0.167. The molecule has 1 aromatic carbocycles. The first-order chi connectivity index (χ1) is 9.74. The molecule has 0 spiro atoms. The number of halogens is 5. The van der Waals surface area contributed by atoms with E-state index in [0.29, 0.717) is 4.57 Å². The molecule has 0 bridgehead atoms. The van der Waals surface area contributed by atoms with Gasteiger partial charge in [0, 0.05) is 12.1 Å². The predicted molar refractivity (Wildman–Crippen MR) is 65.2 cm³/mol. The Morgan fingerprint density at radius 2 is 2.05 bits per heavy atom. The van der Waals surface area contributed by atoms with Crippen molar-refractivity contribution < 1.29 is 22.3 Å². The van der Waals surface area contributed by atoms with Crippen LogP contribution in [-0.4, -0.2) is 16.7 Å². The van der Waals surface area contributed by atoms with Gasteiger partial charge >= 0.3 is 12.2 Å². The summed E-state index contributed by atoms with van der Waals surface area (Å²) in [5.74, 6) is -0.930. The minimum absolute atomic E-state index is 0.0527. The molecule has 0 N–H and O–H groups in total. The maximum absolute atomic E-state index is 13.8. The quantitative estimate of drug-likeness (QED) is 0.799. The van der Waals surface area contributed by atoms with Crippen LogP contribution in [0.4, 0.5) is 17.6 Å². The zero-order valence-corrected chi connectivity index (χ0v) is 11.1. The molecular formula is C12H6ClF4N2O2. The number of benzene rings is 1. The molecule has 0 aliphatic rings. The van der Waals surface area contributed by atoms with Gasteiger partial charge in [0.15, 0.2) is 5.69 Å². The van der Waals surface area contributed by atoms with Crippen molar-refractivity contribution in [3.8, 4) is 11.7 Å². The Kier molecular flexibility index (Phi) is 3.91. The molecule has 0 unspecified atom stereocenters. The van der Waals surface area contributed by atoms with E-state index in [1.165, 1.54) is 0 Å². The van der Waals surface area contributed by atoms with Gasteiger partial charge in [-0.05, 0) is 12.1 Å². The van der Waals surface area contributed by atoms with Crippen molar-refractivity contribution in [2.75, 3.05) is 7.11 Å². The number of alkyl halides is 3. The van der Waals surface area contributed by atoms with Crippen LogP contribution in [0.3, 0.4) is 0 Å². The molecule has 2 rings (SSSR count). The summed E-state index contributed by atoms with van der Waals surface area (Å²) >= 11 is 5.52. The largest absolute Gasteiger partial charge is 0.468 e. The van der Waals surface area contributed by atoms with Gasteiger partial charge in [-0.3, -0.25) is 4.79 Å². The van der Waals surface area contributed by atoms with Gasteiger partial charge < -0.3 is 4.74 Å². The van der Waals surface area contributed by atoms with E-state index in [1.807, 2.05) is 0 Å². The van der Waals surface area contributed by atoms with Crippen molar-refractivity contribution in [3.05, 3.63) is 51.2 Å². The second-order valence-corrected chi connectivity index (χ2v) is 4.22. The number of hydrogen-bond acceptors (Lipinski definition) is 3. The molecule has 1 aromatic heterocycles. The van der Waals surface area contributed by atoms with E-state index >= 15 is 0 Å². The maximum atomic E-state index is 13.8. The Labute approximate surface area is 120 Å². The van der Waals surface area contributed by atoms with Gasteiger partial charge in [-0.25, -0.2) is 8.96 Å². The number of ether oxygens (including phenoxy) is 1. The smallest absolute Gasteiger partial charge is 0.433 e.